The Morgan fingerprint density at radius 2 is 2.17 bits per heavy atom. The fourth-order valence-electron chi connectivity index (χ4n) is 1.81. The van der Waals surface area contributed by atoms with Gasteiger partial charge in [0.05, 0.1) is 0 Å². The second kappa shape index (κ2) is 2.57. The number of hydrogen-bond acceptors (Lipinski definition) is 2. The van der Waals surface area contributed by atoms with Gasteiger partial charge in [-0.05, 0) is 5.92 Å². The standard InChI is InChI=1S/C9H15N3/c1-6(2)9-11-10-8-4-7(3)5-12(8)9/h6-7H,4-5H2,1-3H3. The van der Waals surface area contributed by atoms with Crippen molar-refractivity contribution in [3.63, 3.8) is 0 Å². The van der Waals surface area contributed by atoms with Crippen molar-refractivity contribution in [1.29, 1.82) is 0 Å². The van der Waals surface area contributed by atoms with Crippen LogP contribution in [0, 0.1) is 5.92 Å². The van der Waals surface area contributed by atoms with Gasteiger partial charge in [0.25, 0.3) is 0 Å². The molecule has 0 saturated carbocycles. The van der Waals surface area contributed by atoms with Crippen LogP contribution in [0.25, 0.3) is 0 Å². The number of aromatic nitrogens is 3. The summed E-state index contributed by atoms with van der Waals surface area (Å²) in [5.41, 5.74) is 0. The highest BCUT2D eigenvalue weighted by Gasteiger charge is 2.23. The van der Waals surface area contributed by atoms with Crippen molar-refractivity contribution >= 4 is 0 Å². The summed E-state index contributed by atoms with van der Waals surface area (Å²) in [6, 6.07) is 0. The third kappa shape index (κ3) is 1.04. The highest BCUT2D eigenvalue weighted by Crippen LogP contribution is 2.23. The van der Waals surface area contributed by atoms with Crippen LogP contribution in [0.4, 0.5) is 0 Å². The lowest BCUT2D eigenvalue weighted by Crippen LogP contribution is -2.05. The maximum Gasteiger partial charge on any atom is 0.135 e. The van der Waals surface area contributed by atoms with E-state index < -0.39 is 0 Å². The summed E-state index contributed by atoms with van der Waals surface area (Å²) in [5.74, 6) is 3.56. The molecule has 3 nitrogen and oxygen atoms in total. The van der Waals surface area contributed by atoms with E-state index in [-0.39, 0.29) is 0 Å². The molecule has 66 valence electrons. The van der Waals surface area contributed by atoms with Gasteiger partial charge in [-0.15, -0.1) is 10.2 Å². The van der Waals surface area contributed by atoms with Gasteiger partial charge in [-0.3, -0.25) is 0 Å². The van der Waals surface area contributed by atoms with Crippen molar-refractivity contribution in [3.8, 4) is 0 Å². The Kier molecular flexibility index (Phi) is 1.67. The molecular formula is C9H15N3. The molecule has 0 saturated heterocycles. The molecule has 1 aromatic rings. The van der Waals surface area contributed by atoms with E-state index in [1.165, 1.54) is 5.82 Å². The lowest BCUT2D eigenvalue weighted by Gasteiger charge is -2.06. The molecule has 0 aliphatic carbocycles. The molecule has 12 heavy (non-hydrogen) atoms. The number of hydrogen-bond donors (Lipinski definition) is 0. The second-order valence-corrected chi connectivity index (χ2v) is 4.05. The third-order valence-electron chi connectivity index (χ3n) is 2.40. The molecule has 0 aromatic carbocycles. The Bertz CT molecular complexity index is 288. The number of rotatable bonds is 1. The van der Waals surface area contributed by atoms with Crippen LogP contribution in [0.3, 0.4) is 0 Å². The third-order valence-corrected chi connectivity index (χ3v) is 2.40. The van der Waals surface area contributed by atoms with Gasteiger partial charge in [0.15, 0.2) is 0 Å². The molecule has 0 N–H and O–H groups in total. The predicted octanol–water partition coefficient (Wildman–Crippen LogP) is 1.59. The SMILES string of the molecule is CC1Cc2nnc(C(C)C)n2C1. The van der Waals surface area contributed by atoms with Crippen LogP contribution in [-0.2, 0) is 13.0 Å². The average Bonchev–Trinajstić information content (AvgIpc) is 2.43. The molecule has 0 radical (unpaired) electrons. The van der Waals surface area contributed by atoms with E-state index in [2.05, 4.69) is 35.5 Å². The first-order chi connectivity index (χ1) is 5.68. The molecule has 0 spiro atoms. The zero-order valence-electron chi connectivity index (χ0n) is 7.91. The van der Waals surface area contributed by atoms with Crippen molar-refractivity contribution in [2.24, 2.45) is 5.92 Å². The molecule has 1 aromatic heterocycles. The van der Waals surface area contributed by atoms with Gasteiger partial charge in [-0.25, -0.2) is 0 Å². The number of nitrogens with zero attached hydrogens (tertiary/aromatic N) is 3. The van der Waals surface area contributed by atoms with Crippen LogP contribution < -0.4 is 0 Å². The topological polar surface area (TPSA) is 30.7 Å². The normalized spacial score (nSPS) is 21.8. The zero-order chi connectivity index (χ0) is 8.72. The molecule has 0 fully saturated rings. The highest BCUT2D eigenvalue weighted by molar-refractivity contribution is 5.04. The minimum absolute atomic E-state index is 0.497. The molecule has 1 atom stereocenters. The summed E-state index contributed by atoms with van der Waals surface area (Å²) in [4.78, 5) is 0. The van der Waals surface area contributed by atoms with E-state index in [0.29, 0.717) is 5.92 Å². The Hall–Kier alpha value is -0.860. The largest absolute Gasteiger partial charge is 0.314 e. The minimum atomic E-state index is 0.497. The van der Waals surface area contributed by atoms with Crippen molar-refractivity contribution in [1.82, 2.24) is 14.8 Å². The number of fused-ring (bicyclic) bond motifs is 1. The van der Waals surface area contributed by atoms with Gasteiger partial charge < -0.3 is 4.57 Å². The molecule has 1 unspecified atom stereocenters. The zero-order valence-corrected chi connectivity index (χ0v) is 7.91. The Morgan fingerprint density at radius 1 is 1.42 bits per heavy atom. The lowest BCUT2D eigenvalue weighted by molar-refractivity contribution is 0.534. The maximum atomic E-state index is 4.18. The van der Waals surface area contributed by atoms with Crippen molar-refractivity contribution in [3.05, 3.63) is 11.6 Å². The van der Waals surface area contributed by atoms with E-state index in [1.807, 2.05) is 0 Å². The first kappa shape index (κ1) is 7.77. The van der Waals surface area contributed by atoms with Crippen LogP contribution in [0.2, 0.25) is 0 Å². The van der Waals surface area contributed by atoms with Crippen molar-refractivity contribution in [2.45, 2.75) is 39.7 Å². The highest BCUT2D eigenvalue weighted by atomic mass is 15.3. The monoisotopic (exact) mass is 165 g/mol. The lowest BCUT2D eigenvalue weighted by atomic mass is 10.1. The average molecular weight is 165 g/mol. The van der Waals surface area contributed by atoms with Gasteiger partial charge in [0.1, 0.15) is 11.6 Å². The summed E-state index contributed by atoms with van der Waals surface area (Å²) >= 11 is 0. The van der Waals surface area contributed by atoms with Crippen molar-refractivity contribution < 1.29 is 0 Å². The molecular weight excluding hydrogens is 150 g/mol. The minimum Gasteiger partial charge on any atom is -0.314 e. The molecule has 3 heteroatoms. The van der Waals surface area contributed by atoms with Crippen LogP contribution in [0.15, 0.2) is 0 Å². The Morgan fingerprint density at radius 3 is 2.83 bits per heavy atom. The summed E-state index contributed by atoms with van der Waals surface area (Å²) in [5, 5.41) is 8.37. The van der Waals surface area contributed by atoms with Gasteiger partial charge in [0.2, 0.25) is 0 Å². The smallest absolute Gasteiger partial charge is 0.135 e. The van der Waals surface area contributed by atoms with Crippen LogP contribution in [-0.4, -0.2) is 14.8 Å². The molecule has 2 rings (SSSR count). The van der Waals surface area contributed by atoms with E-state index in [0.717, 1.165) is 24.7 Å². The van der Waals surface area contributed by atoms with E-state index in [4.69, 9.17) is 0 Å². The van der Waals surface area contributed by atoms with Crippen molar-refractivity contribution in [2.75, 3.05) is 0 Å². The summed E-state index contributed by atoms with van der Waals surface area (Å²) < 4.78 is 2.27. The van der Waals surface area contributed by atoms with Crippen LogP contribution >= 0.6 is 0 Å². The van der Waals surface area contributed by atoms with E-state index in [1.54, 1.807) is 0 Å². The van der Waals surface area contributed by atoms with Gasteiger partial charge >= 0.3 is 0 Å². The molecule has 1 aliphatic rings. The first-order valence-electron chi connectivity index (χ1n) is 4.60. The molecule has 2 heterocycles. The van der Waals surface area contributed by atoms with Gasteiger partial charge in [0, 0.05) is 18.9 Å². The van der Waals surface area contributed by atoms with Gasteiger partial charge in [-0.1, -0.05) is 20.8 Å². The fourth-order valence-corrected chi connectivity index (χ4v) is 1.81. The second-order valence-electron chi connectivity index (χ2n) is 4.05. The predicted molar refractivity (Wildman–Crippen MR) is 47.0 cm³/mol. The maximum absolute atomic E-state index is 4.18. The Balaban J connectivity index is 2.37. The summed E-state index contributed by atoms with van der Waals surface area (Å²) in [6.45, 7) is 7.70. The van der Waals surface area contributed by atoms with E-state index >= 15 is 0 Å². The molecule has 1 aliphatic heterocycles. The molecule has 0 bridgehead atoms. The van der Waals surface area contributed by atoms with Crippen LogP contribution in [0.5, 0.6) is 0 Å². The van der Waals surface area contributed by atoms with Crippen LogP contribution in [0.1, 0.15) is 38.3 Å². The fraction of sp³-hybridized carbons (Fsp3) is 0.778. The molecule has 0 amide bonds. The Labute approximate surface area is 72.8 Å². The van der Waals surface area contributed by atoms with Gasteiger partial charge in [-0.2, -0.15) is 0 Å². The quantitative estimate of drug-likeness (QED) is 0.632. The summed E-state index contributed by atoms with van der Waals surface area (Å²) in [6.07, 6.45) is 1.10. The first-order valence-corrected chi connectivity index (χ1v) is 4.60. The summed E-state index contributed by atoms with van der Waals surface area (Å²) in [7, 11) is 0. The van der Waals surface area contributed by atoms with E-state index in [9.17, 15) is 0 Å².